The van der Waals surface area contributed by atoms with Gasteiger partial charge in [-0.25, -0.2) is 0 Å². The lowest BCUT2D eigenvalue weighted by molar-refractivity contribution is -0.0467. The summed E-state index contributed by atoms with van der Waals surface area (Å²) in [6.07, 6.45) is 9.73. The summed E-state index contributed by atoms with van der Waals surface area (Å²) in [5.74, 6) is 0. The molecule has 3 heteroatoms. The van der Waals surface area contributed by atoms with Gasteiger partial charge >= 0.3 is 0 Å². The van der Waals surface area contributed by atoms with Gasteiger partial charge in [0.15, 0.2) is 0 Å². The fraction of sp³-hybridized carbons (Fsp3) is 1.00. The van der Waals surface area contributed by atoms with Crippen molar-refractivity contribution in [3.63, 3.8) is 0 Å². The van der Waals surface area contributed by atoms with E-state index in [1.165, 1.54) is 51.5 Å². The van der Waals surface area contributed by atoms with Crippen LogP contribution in [0.3, 0.4) is 0 Å². The Morgan fingerprint density at radius 1 is 1.24 bits per heavy atom. The summed E-state index contributed by atoms with van der Waals surface area (Å²) in [5.41, 5.74) is 0.303. The predicted molar refractivity (Wildman–Crippen MR) is 75.8 cm³/mol. The summed E-state index contributed by atoms with van der Waals surface area (Å²) in [5, 5.41) is 1.07. The zero-order chi connectivity index (χ0) is 12.1. The number of hydrogen-bond acceptors (Lipinski definition) is 2. The first kappa shape index (κ1) is 13.8. The van der Waals surface area contributed by atoms with Crippen LogP contribution >= 0.6 is 15.9 Å². The molecule has 0 amide bonds. The van der Waals surface area contributed by atoms with Gasteiger partial charge in [-0.3, -0.25) is 4.90 Å². The quantitative estimate of drug-likeness (QED) is 0.695. The van der Waals surface area contributed by atoms with E-state index >= 15 is 0 Å². The molecule has 1 spiro atoms. The highest BCUT2D eigenvalue weighted by molar-refractivity contribution is 9.09. The Kier molecular flexibility index (Phi) is 5.31. The Hall–Kier alpha value is 0.400. The minimum atomic E-state index is 0.303. The standard InChI is InChI=1S/C14H26BrNO/c1-2-10-16(11-9-15)12-13-5-8-14(17-13)6-3-4-7-14/h13H,2-12H2,1H3. The Morgan fingerprint density at radius 3 is 2.65 bits per heavy atom. The van der Waals surface area contributed by atoms with Crippen molar-refractivity contribution in [2.45, 2.75) is 63.6 Å². The molecule has 1 saturated carbocycles. The summed E-state index contributed by atoms with van der Waals surface area (Å²) < 4.78 is 6.38. The molecule has 0 N–H and O–H groups in total. The molecule has 2 nitrogen and oxygen atoms in total. The second-order valence-electron chi connectivity index (χ2n) is 5.66. The van der Waals surface area contributed by atoms with Crippen molar-refractivity contribution < 1.29 is 4.74 Å². The number of hydrogen-bond donors (Lipinski definition) is 0. The minimum absolute atomic E-state index is 0.303. The van der Waals surface area contributed by atoms with Crippen molar-refractivity contribution in [1.29, 1.82) is 0 Å². The van der Waals surface area contributed by atoms with Crippen molar-refractivity contribution in [2.75, 3.05) is 25.0 Å². The third-order valence-corrected chi connectivity index (χ3v) is 4.61. The first-order valence-electron chi connectivity index (χ1n) is 7.24. The molecule has 1 saturated heterocycles. The van der Waals surface area contributed by atoms with E-state index in [2.05, 4.69) is 27.8 Å². The fourth-order valence-electron chi connectivity index (χ4n) is 3.43. The minimum Gasteiger partial charge on any atom is -0.370 e. The van der Waals surface area contributed by atoms with Crippen molar-refractivity contribution in [2.24, 2.45) is 0 Å². The molecule has 1 aliphatic heterocycles. The highest BCUT2D eigenvalue weighted by atomic mass is 79.9. The normalized spacial score (nSPS) is 27.4. The maximum atomic E-state index is 6.38. The van der Waals surface area contributed by atoms with Crippen LogP contribution in [-0.4, -0.2) is 41.6 Å². The lowest BCUT2D eigenvalue weighted by Crippen LogP contribution is -2.36. The summed E-state index contributed by atoms with van der Waals surface area (Å²) in [6.45, 7) is 5.76. The van der Waals surface area contributed by atoms with Crippen LogP contribution in [0.15, 0.2) is 0 Å². The molecule has 0 aromatic rings. The molecule has 1 unspecified atom stereocenters. The third-order valence-electron chi connectivity index (χ3n) is 4.26. The summed E-state index contributed by atoms with van der Waals surface area (Å²) in [6, 6.07) is 0. The largest absolute Gasteiger partial charge is 0.370 e. The zero-order valence-electron chi connectivity index (χ0n) is 11.1. The number of ether oxygens (including phenoxy) is 1. The van der Waals surface area contributed by atoms with E-state index in [4.69, 9.17) is 4.74 Å². The van der Waals surface area contributed by atoms with Gasteiger partial charge in [-0.2, -0.15) is 0 Å². The van der Waals surface area contributed by atoms with E-state index < -0.39 is 0 Å². The molecule has 2 fully saturated rings. The average Bonchev–Trinajstić information content (AvgIpc) is 2.91. The Labute approximate surface area is 114 Å². The lowest BCUT2D eigenvalue weighted by atomic mass is 9.98. The SMILES string of the molecule is CCCN(CCBr)CC1CCC2(CCCC2)O1. The molecule has 0 radical (unpaired) electrons. The van der Waals surface area contributed by atoms with E-state index in [1.807, 2.05) is 0 Å². The highest BCUT2D eigenvalue weighted by Crippen LogP contribution is 2.43. The lowest BCUT2D eigenvalue weighted by Gasteiger charge is -2.27. The van der Waals surface area contributed by atoms with E-state index in [-0.39, 0.29) is 0 Å². The molecule has 2 aliphatic rings. The van der Waals surface area contributed by atoms with Gasteiger partial charge in [0.05, 0.1) is 11.7 Å². The van der Waals surface area contributed by atoms with Crippen LogP contribution in [0.1, 0.15) is 51.9 Å². The third kappa shape index (κ3) is 3.68. The van der Waals surface area contributed by atoms with Crippen molar-refractivity contribution in [3.8, 4) is 0 Å². The molecule has 0 bridgehead atoms. The molecular weight excluding hydrogens is 278 g/mol. The molecule has 2 rings (SSSR count). The molecule has 1 heterocycles. The van der Waals surface area contributed by atoms with Crippen LogP contribution in [0.2, 0.25) is 0 Å². The smallest absolute Gasteiger partial charge is 0.0710 e. The average molecular weight is 304 g/mol. The fourth-order valence-corrected chi connectivity index (χ4v) is 3.93. The van der Waals surface area contributed by atoms with Crippen LogP contribution in [0, 0.1) is 0 Å². The number of halogens is 1. The molecule has 0 aromatic heterocycles. The van der Waals surface area contributed by atoms with E-state index in [9.17, 15) is 0 Å². The van der Waals surface area contributed by atoms with Gasteiger partial charge in [0, 0.05) is 18.4 Å². The van der Waals surface area contributed by atoms with E-state index in [1.54, 1.807) is 0 Å². The van der Waals surface area contributed by atoms with Crippen molar-refractivity contribution in [3.05, 3.63) is 0 Å². The van der Waals surface area contributed by atoms with Gasteiger partial charge in [-0.1, -0.05) is 35.7 Å². The summed E-state index contributed by atoms with van der Waals surface area (Å²) in [7, 11) is 0. The number of rotatable bonds is 6. The summed E-state index contributed by atoms with van der Waals surface area (Å²) >= 11 is 3.55. The van der Waals surface area contributed by atoms with Crippen LogP contribution in [0.5, 0.6) is 0 Å². The number of nitrogens with zero attached hydrogens (tertiary/aromatic N) is 1. The van der Waals surface area contributed by atoms with Crippen LogP contribution in [-0.2, 0) is 4.74 Å². The second-order valence-corrected chi connectivity index (χ2v) is 6.45. The first-order valence-corrected chi connectivity index (χ1v) is 8.36. The van der Waals surface area contributed by atoms with Crippen LogP contribution < -0.4 is 0 Å². The molecular formula is C14H26BrNO. The predicted octanol–water partition coefficient (Wildman–Crippen LogP) is 3.59. The van der Waals surface area contributed by atoms with Gasteiger partial charge < -0.3 is 4.74 Å². The van der Waals surface area contributed by atoms with Crippen molar-refractivity contribution >= 4 is 15.9 Å². The van der Waals surface area contributed by atoms with Gasteiger partial charge in [0.1, 0.15) is 0 Å². The Bertz CT molecular complexity index is 222. The molecule has 17 heavy (non-hydrogen) atoms. The van der Waals surface area contributed by atoms with E-state index in [0.29, 0.717) is 11.7 Å². The maximum absolute atomic E-state index is 6.38. The second kappa shape index (κ2) is 6.53. The van der Waals surface area contributed by atoms with Crippen molar-refractivity contribution in [1.82, 2.24) is 4.90 Å². The van der Waals surface area contributed by atoms with Crippen LogP contribution in [0.25, 0.3) is 0 Å². The van der Waals surface area contributed by atoms with Crippen LogP contribution in [0.4, 0.5) is 0 Å². The molecule has 0 aromatic carbocycles. The Balaban J connectivity index is 1.79. The number of alkyl halides is 1. The van der Waals surface area contributed by atoms with Gasteiger partial charge in [0.25, 0.3) is 0 Å². The van der Waals surface area contributed by atoms with Gasteiger partial charge in [-0.05, 0) is 38.6 Å². The molecule has 100 valence electrons. The molecule has 1 atom stereocenters. The molecule has 1 aliphatic carbocycles. The summed E-state index contributed by atoms with van der Waals surface area (Å²) in [4.78, 5) is 2.55. The van der Waals surface area contributed by atoms with Gasteiger partial charge in [-0.15, -0.1) is 0 Å². The maximum Gasteiger partial charge on any atom is 0.0710 e. The first-order chi connectivity index (χ1) is 8.28. The monoisotopic (exact) mass is 303 g/mol. The zero-order valence-corrected chi connectivity index (χ0v) is 12.7. The topological polar surface area (TPSA) is 12.5 Å². The van der Waals surface area contributed by atoms with Gasteiger partial charge in [0.2, 0.25) is 0 Å². The van der Waals surface area contributed by atoms with E-state index in [0.717, 1.165) is 18.4 Å². The Morgan fingerprint density at radius 2 is 2.00 bits per heavy atom. The highest BCUT2D eigenvalue weighted by Gasteiger charge is 2.42.